The Balaban J connectivity index is 0.00000182. The number of fused-ring (bicyclic) bond motifs is 2. The standard InChI is InChI=1S/C21H30N3.BrH/c1-22-11-5-7-20(22)19(21-8-6-12-23(21)2)15-16-13-17-9-10-18(14-16)24(17,3)4;/h5-8,11-12,15-18H,9-10,13-14H2,1-4H3;1H/q+1;/p-1/t17-,18-;/m0./s1. The predicted octanol–water partition coefficient (Wildman–Crippen LogP) is 0.817. The monoisotopic (exact) mass is 403 g/mol. The first kappa shape index (κ1) is 18.5. The second-order valence-electron chi connectivity index (χ2n) is 8.33. The fraction of sp³-hybridized carbons (Fsp3) is 0.524. The van der Waals surface area contributed by atoms with E-state index in [4.69, 9.17) is 0 Å². The Bertz CT molecular complexity index is 709. The van der Waals surface area contributed by atoms with Crippen LogP contribution < -0.4 is 17.0 Å². The number of piperidine rings is 1. The molecule has 0 unspecified atom stereocenters. The second kappa shape index (κ2) is 6.81. The minimum Gasteiger partial charge on any atom is -1.00 e. The molecule has 25 heavy (non-hydrogen) atoms. The highest BCUT2D eigenvalue weighted by molar-refractivity contribution is 5.77. The van der Waals surface area contributed by atoms with Gasteiger partial charge in [-0.3, -0.25) is 0 Å². The van der Waals surface area contributed by atoms with Crippen molar-refractivity contribution in [3.05, 3.63) is 54.1 Å². The number of rotatable bonds is 3. The molecule has 0 aromatic carbocycles. The summed E-state index contributed by atoms with van der Waals surface area (Å²) in [6.07, 6.45) is 12.4. The predicted molar refractivity (Wildman–Crippen MR) is 99.5 cm³/mol. The Hall–Kier alpha value is -1.26. The Kier molecular flexibility index (Phi) is 5.04. The molecule has 0 radical (unpaired) electrons. The van der Waals surface area contributed by atoms with Gasteiger partial charge in [-0.1, -0.05) is 6.08 Å². The summed E-state index contributed by atoms with van der Waals surface area (Å²) < 4.78 is 5.74. The van der Waals surface area contributed by atoms with Crippen LogP contribution in [-0.2, 0) is 14.1 Å². The van der Waals surface area contributed by atoms with Crippen LogP contribution >= 0.6 is 0 Å². The lowest BCUT2D eigenvalue weighted by Gasteiger charge is -2.44. The van der Waals surface area contributed by atoms with Gasteiger partial charge in [0, 0.05) is 69.1 Å². The van der Waals surface area contributed by atoms with Gasteiger partial charge in [0.15, 0.2) is 0 Å². The van der Waals surface area contributed by atoms with E-state index in [0.29, 0.717) is 5.92 Å². The molecule has 2 aromatic rings. The van der Waals surface area contributed by atoms with Crippen molar-refractivity contribution in [3.8, 4) is 0 Å². The van der Waals surface area contributed by atoms with Gasteiger partial charge in [-0.15, -0.1) is 0 Å². The molecule has 2 atom stereocenters. The fourth-order valence-electron chi connectivity index (χ4n) is 5.08. The van der Waals surface area contributed by atoms with Gasteiger partial charge in [0.1, 0.15) is 0 Å². The van der Waals surface area contributed by atoms with Crippen LogP contribution in [0.1, 0.15) is 37.1 Å². The van der Waals surface area contributed by atoms with Crippen molar-refractivity contribution in [2.24, 2.45) is 20.0 Å². The van der Waals surface area contributed by atoms with E-state index < -0.39 is 0 Å². The topological polar surface area (TPSA) is 9.86 Å². The Morgan fingerprint density at radius 3 is 1.84 bits per heavy atom. The molecule has 2 saturated heterocycles. The number of aromatic nitrogens is 2. The van der Waals surface area contributed by atoms with E-state index in [2.05, 4.69) is 80.1 Å². The maximum absolute atomic E-state index is 2.58. The molecule has 0 N–H and O–H groups in total. The zero-order valence-electron chi connectivity index (χ0n) is 15.8. The second-order valence-corrected chi connectivity index (χ2v) is 8.33. The van der Waals surface area contributed by atoms with Gasteiger partial charge in [0.25, 0.3) is 0 Å². The van der Waals surface area contributed by atoms with Crippen LogP contribution in [0.2, 0.25) is 0 Å². The summed E-state index contributed by atoms with van der Waals surface area (Å²) in [5.74, 6) is 0.702. The van der Waals surface area contributed by atoms with Crippen LogP contribution in [0.3, 0.4) is 0 Å². The van der Waals surface area contributed by atoms with Crippen molar-refractivity contribution in [2.75, 3.05) is 14.1 Å². The zero-order chi connectivity index (χ0) is 16.9. The van der Waals surface area contributed by atoms with E-state index >= 15 is 0 Å². The summed E-state index contributed by atoms with van der Waals surface area (Å²) in [4.78, 5) is 0. The highest BCUT2D eigenvalue weighted by atomic mass is 79.9. The Morgan fingerprint density at radius 1 is 0.960 bits per heavy atom. The number of aryl methyl sites for hydroxylation is 2. The van der Waals surface area contributed by atoms with E-state index in [1.165, 1.54) is 47.1 Å². The van der Waals surface area contributed by atoms with Crippen molar-refractivity contribution < 1.29 is 21.5 Å². The summed E-state index contributed by atoms with van der Waals surface area (Å²) in [7, 11) is 9.18. The molecule has 2 aromatic heterocycles. The molecule has 3 nitrogen and oxygen atoms in total. The molecule has 4 rings (SSSR count). The summed E-state index contributed by atoms with van der Waals surface area (Å²) in [5.41, 5.74) is 4.04. The molecule has 0 spiro atoms. The van der Waals surface area contributed by atoms with Crippen LogP contribution in [0.5, 0.6) is 0 Å². The van der Waals surface area contributed by atoms with Crippen molar-refractivity contribution >= 4 is 5.57 Å². The largest absolute Gasteiger partial charge is 1.00 e. The average molecular weight is 404 g/mol. The molecular formula is C21H30BrN3. The molecule has 2 aliphatic heterocycles. The maximum Gasteiger partial charge on any atom is 0.0896 e. The third kappa shape index (κ3) is 3.15. The number of hydrogen-bond acceptors (Lipinski definition) is 0. The number of allylic oxidation sites excluding steroid dienone is 1. The van der Waals surface area contributed by atoms with Gasteiger partial charge in [-0.2, -0.15) is 0 Å². The Labute approximate surface area is 162 Å². The molecule has 4 heteroatoms. The lowest BCUT2D eigenvalue weighted by Crippen LogP contribution is -3.00. The van der Waals surface area contributed by atoms with Crippen LogP contribution in [0.15, 0.2) is 42.7 Å². The van der Waals surface area contributed by atoms with E-state index in [-0.39, 0.29) is 17.0 Å². The van der Waals surface area contributed by atoms with Crippen molar-refractivity contribution in [1.29, 1.82) is 0 Å². The number of halogens is 1. The first-order chi connectivity index (χ1) is 11.5. The van der Waals surface area contributed by atoms with E-state index in [0.717, 1.165) is 12.1 Å². The lowest BCUT2D eigenvalue weighted by atomic mass is 9.87. The summed E-state index contributed by atoms with van der Waals surface area (Å²) in [6, 6.07) is 10.5. The summed E-state index contributed by atoms with van der Waals surface area (Å²) in [6.45, 7) is 0. The third-order valence-corrected chi connectivity index (χ3v) is 6.71. The van der Waals surface area contributed by atoms with Gasteiger partial charge in [0.05, 0.1) is 26.2 Å². The lowest BCUT2D eigenvalue weighted by molar-refractivity contribution is -0.931. The quantitative estimate of drug-likeness (QED) is 0.671. The number of nitrogens with zero attached hydrogens (tertiary/aromatic N) is 3. The molecular weight excluding hydrogens is 374 g/mol. The van der Waals surface area contributed by atoms with Crippen molar-refractivity contribution in [3.63, 3.8) is 0 Å². The third-order valence-electron chi connectivity index (χ3n) is 6.71. The normalized spacial score (nSPS) is 27.0. The summed E-state index contributed by atoms with van der Waals surface area (Å²) >= 11 is 0. The number of hydrogen-bond donors (Lipinski definition) is 0. The molecule has 136 valence electrons. The highest BCUT2D eigenvalue weighted by Crippen LogP contribution is 2.43. The van der Waals surface area contributed by atoms with Gasteiger partial charge in [-0.25, -0.2) is 0 Å². The van der Waals surface area contributed by atoms with E-state index in [1.807, 2.05) is 0 Å². The fourth-order valence-corrected chi connectivity index (χ4v) is 5.08. The van der Waals surface area contributed by atoms with Crippen LogP contribution in [0.25, 0.3) is 5.57 Å². The minimum absolute atomic E-state index is 0. The first-order valence-electron chi connectivity index (χ1n) is 9.25. The van der Waals surface area contributed by atoms with Gasteiger partial charge in [-0.05, 0) is 30.2 Å². The van der Waals surface area contributed by atoms with Crippen molar-refractivity contribution in [1.82, 2.24) is 9.13 Å². The molecule has 2 bridgehead atoms. The van der Waals surface area contributed by atoms with Crippen LogP contribution in [0, 0.1) is 5.92 Å². The minimum atomic E-state index is 0. The maximum atomic E-state index is 2.58. The molecule has 4 heterocycles. The first-order valence-corrected chi connectivity index (χ1v) is 9.25. The zero-order valence-corrected chi connectivity index (χ0v) is 17.4. The molecule has 2 aliphatic rings. The molecule has 0 aliphatic carbocycles. The average Bonchev–Trinajstić information content (AvgIpc) is 3.15. The smallest absolute Gasteiger partial charge is 0.0896 e. The highest BCUT2D eigenvalue weighted by Gasteiger charge is 2.48. The van der Waals surface area contributed by atoms with E-state index in [1.54, 1.807) is 0 Å². The van der Waals surface area contributed by atoms with Crippen LogP contribution in [-0.4, -0.2) is 39.8 Å². The van der Waals surface area contributed by atoms with Crippen LogP contribution in [0.4, 0.5) is 0 Å². The number of quaternary nitrogens is 1. The molecule has 2 fully saturated rings. The molecule has 0 amide bonds. The van der Waals surface area contributed by atoms with Gasteiger partial charge in [0.2, 0.25) is 0 Å². The SMILES string of the molecule is Cn1cccc1C(=CC1C[C@@H]2CC[C@@H](C1)[N+]2(C)C)c1cccn1C.[Br-]. The van der Waals surface area contributed by atoms with Crippen molar-refractivity contribution in [2.45, 2.75) is 37.8 Å². The van der Waals surface area contributed by atoms with E-state index in [9.17, 15) is 0 Å². The van der Waals surface area contributed by atoms with Gasteiger partial charge >= 0.3 is 0 Å². The van der Waals surface area contributed by atoms with Gasteiger partial charge < -0.3 is 30.6 Å². The molecule has 0 saturated carbocycles. The summed E-state index contributed by atoms with van der Waals surface area (Å²) in [5, 5.41) is 0. The Morgan fingerprint density at radius 2 is 1.44 bits per heavy atom.